The van der Waals surface area contributed by atoms with Gasteiger partial charge >= 0.3 is 0 Å². The molecule has 32 heavy (non-hydrogen) atoms. The molecule has 3 heteroatoms. The standard InChI is InChI=1S/C29H46O3/c1-19(2)8-12-24(30)13-9-20(3)26-14-15-27-22(7-6-16-29(26,27)5)10-11-23-17-25(31)18-28(32)21(23)4/h9-11,13,19-20,24-28,30-32H,4,6-8,12,14-18H2,1-3,5H3/b13-9+,22-10+,23-11-/t20-,24+,25-,26-,27+,28+,29-/m1/s1. The highest BCUT2D eigenvalue weighted by atomic mass is 16.3. The summed E-state index contributed by atoms with van der Waals surface area (Å²) in [5.74, 6) is 2.35. The maximum Gasteiger partial charge on any atom is 0.0811 e. The predicted molar refractivity (Wildman–Crippen MR) is 133 cm³/mol. The number of aliphatic hydroxyl groups is 3. The third-order valence-corrected chi connectivity index (χ3v) is 8.61. The minimum absolute atomic E-state index is 0.303. The number of aliphatic hydroxyl groups excluding tert-OH is 3. The summed E-state index contributed by atoms with van der Waals surface area (Å²) in [5.41, 5.74) is 3.60. The summed E-state index contributed by atoms with van der Waals surface area (Å²) < 4.78 is 0. The number of rotatable bonds is 7. The average molecular weight is 443 g/mol. The van der Waals surface area contributed by atoms with Gasteiger partial charge in [-0.05, 0) is 91.6 Å². The highest BCUT2D eigenvalue weighted by molar-refractivity contribution is 5.38. The molecule has 0 saturated heterocycles. The highest BCUT2D eigenvalue weighted by Crippen LogP contribution is 2.59. The SMILES string of the molecule is C=C1/C(=C\C=C2/CCC[C@]3(C)[C@@H]([C@H](C)/C=C/[C@@H](O)CCC(C)C)CC[C@@H]23)C[C@@H](O)C[C@@H]1O. The van der Waals surface area contributed by atoms with Gasteiger partial charge in [-0.25, -0.2) is 0 Å². The molecule has 0 amide bonds. The van der Waals surface area contributed by atoms with Gasteiger partial charge in [0.05, 0.1) is 18.3 Å². The number of fused-ring (bicyclic) bond motifs is 1. The first-order chi connectivity index (χ1) is 15.1. The molecule has 0 aliphatic heterocycles. The van der Waals surface area contributed by atoms with E-state index in [2.05, 4.69) is 52.5 Å². The van der Waals surface area contributed by atoms with Crippen LogP contribution in [-0.2, 0) is 0 Å². The Labute approximate surface area is 196 Å². The summed E-state index contributed by atoms with van der Waals surface area (Å²) in [6.45, 7) is 13.3. The van der Waals surface area contributed by atoms with E-state index >= 15 is 0 Å². The first kappa shape index (κ1) is 25.5. The lowest BCUT2D eigenvalue weighted by Gasteiger charge is -2.44. The lowest BCUT2D eigenvalue weighted by molar-refractivity contribution is 0.0862. The lowest BCUT2D eigenvalue weighted by atomic mass is 9.61. The third-order valence-electron chi connectivity index (χ3n) is 8.61. The fourth-order valence-electron chi connectivity index (χ4n) is 6.65. The Bertz CT molecular complexity index is 746. The molecule has 3 fully saturated rings. The van der Waals surface area contributed by atoms with Crippen molar-refractivity contribution in [3.63, 3.8) is 0 Å². The Morgan fingerprint density at radius 3 is 2.56 bits per heavy atom. The van der Waals surface area contributed by atoms with E-state index in [1.807, 2.05) is 6.08 Å². The van der Waals surface area contributed by atoms with E-state index in [4.69, 9.17) is 0 Å². The Balaban J connectivity index is 1.70. The summed E-state index contributed by atoms with van der Waals surface area (Å²) in [6.07, 6.45) is 16.3. The fraction of sp³-hybridized carbons (Fsp3) is 0.724. The molecule has 0 unspecified atom stereocenters. The van der Waals surface area contributed by atoms with Gasteiger partial charge in [0.15, 0.2) is 0 Å². The quantitative estimate of drug-likeness (QED) is 0.416. The van der Waals surface area contributed by atoms with Crippen LogP contribution in [0.4, 0.5) is 0 Å². The second-order valence-corrected chi connectivity index (χ2v) is 11.4. The highest BCUT2D eigenvalue weighted by Gasteiger charge is 2.50. The van der Waals surface area contributed by atoms with E-state index in [0.717, 1.165) is 30.4 Å². The van der Waals surface area contributed by atoms with Gasteiger partial charge in [0.1, 0.15) is 0 Å². The minimum Gasteiger partial charge on any atom is -0.393 e. The van der Waals surface area contributed by atoms with Crippen LogP contribution in [0.1, 0.15) is 85.5 Å². The van der Waals surface area contributed by atoms with Crippen molar-refractivity contribution in [2.75, 3.05) is 0 Å². The molecule has 0 aromatic rings. The molecule has 180 valence electrons. The maximum absolute atomic E-state index is 10.3. The molecule has 3 nitrogen and oxygen atoms in total. The van der Waals surface area contributed by atoms with E-state index in [-0.39, 0.29) is 6.10 Å². The van der Waals surface area contributed by atoms with Crippen molar-refractivity contribution in [2.45, 2.75) is 104 Å². The molecule has 0 bridgehead atoms. The van der Waals surface area contributed by atoms with Gasteiger partial charge in [-0.15, -0.1) is 0 Å². The van der Waals surface area contributed by atoms with Gasteiger partial charge in [-0.3, -0.25) is 0 Å². The molecule has 7 atom stereocenters. The van der Waals surface area contributed by atoms with Crippen molar-refractivity contribution in [2.24, 2.45) is 29.1 Å². The molecule has 3 saturated carbocycles. The van der Waals surface area contributed by atoms with Gasteiger partial charge in [-0.1, -0.05) is 64.2 Å². The Morgan fingerprint density at radius 1 is 1.09 bits per heavy atom. The molecular weight excluding hydrogens is 396 g/mol. The molecule has 0 radical (unpaired) electrons. The minimum atomic E-state index is -0.626. The zero-order chi connectivity index (χ0) is 23.5. The molecule has 0 aromatic heterocycles. The first-order valence-corrected chi connectivity index (χ1v) is 12.9. The fourth-order valence-corrected chi connectivity index (χ4v) is 6.65. The van der Waals surface area contributed by atoms with Crippen LogP contribution >= 0.6 is 0 Å². The van der Waals surface area contributed by atoms with Crippen molar-refractivity contribution in [1.82, 2.24) is 0 Å². The number of hydrogen-bond acceptors (Lipinski definition) is 3. The van der Waals surface area contributed by atoms with Crippen LogP contribution in [0.3, 0.4) is 0 Å². The van der Waals surface area contributed by atoms with E-state index in [1.165, 1.54) is 31.3 Å². The van der Waals surface area contributed by atoms with Gasteiger partial charge < -0.3 is 15.3 Å². The number of allylic oxidation sites excluding steroid dienone is 4. The Hall–Kier alpha value is -1.16. The van der Waals surface area contributed by atoms with Gasteiger partial charge in [0.2, 0.25) is 0 Å². The molecule has 0 spiro atoms. The second kappa shape index (κ2) is 10.8. The molecule has 3 aliphatic rings. The van der Waals surface area contributed by atoms with E-state index in [0.29, 0.717) is 41.9 Å². The first-order valence-electron chi connectivity index (χ1n) is 12.9. The largest absolute Gasteiger partial charge is 0.393 e. The molecule has 3 aliphatic carbocycles. The predicted octanol–water partition coefficient (Wildman–Crippen LogP) is 6.12. The maximum atomic E-state index is 10.3. The summed E-state index contributed by atoms with van der Waals surface area (Å²) in [7, 11) is 0. The van der Waals surface area contributed by atoms with Gasteiger partial charge in [0, 0.05) is 6.42 Å². The molecule has 0 aromatic carbocycles. The summed E-state index contributed by atoms with van der Waals surface area (Å²) in [4.78, 5) is 0. The van der Waals surface area contributed by atoms with Crippen molar-refractivity contribution < 1.29 is 15.3 Å². The van der Waals surface area contributed by atoms with E-state index in [9.17, 15) is 15.3 Å². The van der Waals surface area contributed by atoms with E-state index in [1.54, 1.807) is 0 Å². The van der Waals surface area contributed by atoms with Crippen LogP contribution in [0.2, 0.25) is 0 Å². The normalized spacial score (nSPS) is 38.1. The third kappa shape index (κ3) is 5.85. The van der Waals surface area contributed by atoms with Crippen molar-refractivity contribution >= 4 is 0 Å². The zero-order valence-corrected chi connectivity index (χ0v) is 20.8. The van der Waals surface area contributed by atoms with Crippen molar-refractivity contribution in [3.8, 4) is 0 Å². The molecule has 3 rings (SSSR count). The molecule has 3 N–H and O–H groups in total. The summed E-state index contributed by atoms with van der Waals surface area (Å²) >= 11 is 0. The Morgan fingerprint density at radius 2 is 1.84 bits per heavy atom. The van der Waals surface area contributed by atoms with Crippen LogP contribution in [0.25, 0.3) is 0 Å². The zero-order valence-electron chi connectivity index (χ0n) is 20.8. The van der Waals surface area contributed by atoms with Crippen LogP contribution in [0.15, 0.2) is 47.6 Å². The Kier molecular flexibility index (Phi) is 8.63. The lowest BCUT2D eigenvalue weighted by Crippen LogP contribution is -2.35. The summed E-state index contributed by atoms with van der Waals surface area (Å²) in [6, 6.07) is 0. The van der Waals surface area contributed by atoms with Crippen molar-refractivity contribution in [1.29, 1.82) is 0 Å². The monoisotopic (exact) mass is 442 g/mol. The van der Waals surface area contributed by atoms with Crippen molar-refractivity contribution in [3.05, 3.63) is 47.6 Å². The molecule has 0 heterocycles. The topological polar surface area (TPSA) is 60.7 Å². The second-order valence-electron chi connectivity index (χ2n) is 11.4. The van der Waals surface area contributed by atoms with Crippen LogP contribution in [-0.4, -0.2) is 33.6 Å². The smallest absolute Gasteiger partial charge is 0.0811 e. The van der Waals surface area contributed by atoms with Gasteiger partial charge in [-0.2, -0.15) is 0 Å². The average Bonchev–Trinajstić information content (AvgIpc) is 3.09. The number of hydrogen-bond donors (Lipinski definition) is 3. The van der Waals surface area contributed by atoms with Crippen LogP contribution in [0, 0.1) is 29.1 Å². The molecular formula is C29H46O3. The van der Waals surface area contributed by atoms with Crippen LogP contribution < -0.4 is 0 Å². The summed E-state index contributed by atoms with van der Waals surface area (Å²) in [5, 5.41) is 30.5. The van der Waals surface area contributed by atoms with E-state index < -0.39 is 12.2 Å². The van der Waals surface area contributed by atoms with Crippen LogP contribution in [0.5, 0.6) is 0 Å². The van der Waals surface area contributed by atoms with Gasteiger partial charge in [0.25, 0.3) is 0 Å².